The Bertz CT molecular complexity index is 631. The molecule has 0 N–H and O–H groups in total. The molecule has 7 nitrogen and oxygen atoms in total. The van der Waals surface area contributed by atoms with Crippen molar-refractivity contribution in [3.05, 3.63) is 35.3 Å². The Labute approximate surface area is 154 Å². The number of piperazine rings is 1. The number of carbonyl (C=O) groups is 2. The van der Waals surface area contributed by atoms with Gasteiger partial charge in [-0.15, -0.1) is 0 Å². The van der Waals surface area contributed by atoms with E-state index in [0.29, 0.717) is 54.9 Å². The van der Waals surface area contributed by atoms with Crippen LogP contribution in [-0.2, 0) is 4.79 Å². The Morgan fingerprint density at radius 3 is 2.19 bits per heavy atom. The number of pyridine rings is 1. The molecule has 2 aliphatic heterocycles. The lowest BCUT2D eigenvalue weighted by atomic mass is 9.92. The van der Waals surface area contributed by atoms with Gasteiger partial charge in [-0.05, 0) is 18.3 Å². The zero-order valence-corrected chi connectivity index (χ0v) is 15.6. The van der Waals surface area contributed by atoms with Crippen LogP contribution in [0.4, 0.5) is 0 Å². The second-order valence-electron chi connectivity index (χ2n) is 7.76. The summed E-state index contributed by atoms with van der Waals surface area (Å²) in [7, 11) is 0. The first-order valence-corrected chi connectivity index (χ1v) is 9.40. The van der Waals surface area contributed by atoms with E-state index in [1.54, 1.807) is 17.0 Å². The number of hydrogen-bond acceptors (Lipinski definition) is 4. The van der Waals surface area contributed by atoms with E-state index in [9.17, 15) is 14.8 Å². The predicted molar refractivity (Wildman–Crippen MR) is 97.3 cm³/mol. The van der Waals surface area contributed by atoms with Gasteiger partial charge in [-0.3, -0.25) is 14.5 Å². The summed E-state index contributed by atoms with van der Waals surface area (Å²) in [5.41, 5.74) is 0.526. The topological polar surface area (TPSA) is 70.8 Å². The zero-order chi connectivity index (χ0) is 18.7. The summed E-state index contributed by atoms with van der Waals surface area (Å²) < 4.78 is 0.669. The quantitative estimate of drug-likeness (QED) is 0.584. The van der Waals surface area contributed by atoms with Gasteiger partial charge in [0.05, 0.1) is 12.1 Å². The van der Waals surface area contributed by atoms with Gasteiger partial charge in [-0.2, -0.15) is 4.73 Å². The standard InChI is InChI=1S/C19H28N4O3/c1-15-11-16(2)13-22(12-15)18(24)14-20-7-9-21(10-8-20)19(25)17-3-5-23(26)6-4-17/h3-6,15-16H,7-14H2,1-2H3. The second-order valence-corrected chi connectivity index (χ2v) is 7.76. The molecule has 0 radical (unpaired) electrons. The van der Waals surface area contributed by atoms with E-state index in [0.717, 1.165) is 13.1 Å². The van der Waals surface area contributed by atoms with Crippen molar-refractivity contribution in [2.24, 2.45) is 11.8 Å². The van der Waals surface area contributed by atoms with Gasteiger partial charge in [-0.1, -0.05) is 13.8 Å². The molecule has 2 amide bonds. The molecule has 0 aromatic carbocycles. The van der Waals surface area contributed by atoms with Crippen LogP contribution in [0.15, 0.2) is 24.5 Å². The van der Waals surface area contributed by atoms with Crippen molar-refractivity contribution >= 4 is 11.8 Å². The van der Waals surface area contributed by atoms with Crippen molar-refractivity contribution in [2.45, 2.75) is 20.3 Å². The fourth-order valence-electron chi connectivity index (χ4n) is 4.00. The molecule has 2 fully saturated rings. The molecule has 2 aliphatic rings. The van der Waals surface area contributed by atoms with Crippen molar-refractivity contribution < 1.29 is 14.3 Å². The first-order chi connectivity index (χ1) is 12.4. The van der Waals surface area contributed by atoms with Crippen molar-refractivity contribution in [2.75, 3.05) is 45.8 Å². The van der Waals surface area contributed by atoms with Gasteiger partial charge in [0.25, 0.3) is 5.91 Å². The van der Waals surface area contributed by atoms with Crippen LogP contribution in [0.25, 0.3) is 0 Å². The van der Waals surface area contributed by atoms with Crippen LogP contribution in [-0.4, -0.2) is 72.3 Å². The number of amides is 2. The fraction of sp³-hybridized carbons (Fsp3) is 0.632. The van der Waals surface area contributed by atoms with Crippen LogP contribution in [0.5, 0.6) is 0 Å². The van der Waals surface area contributed by atoms with Gasteiger partial charge >= 0.3 is 0 Å². The fourth-order valence-corrected chi connectivity index (χ4v) is 4.00. The third kappa shape index (κ3) is 4.52. The van der Waals surface area contributed by atoms with Gasteiger partial charge in [0.2, 0.25) is 5.91 Å². The maximum atomic E-state index is 12.6. The summed E-state index contributed by atoms with van der Waals surface area (Å²) in [4.78, 5) is 31.0. The first kappa shape index (κ1) is 18.6. The number of piperidine rings is 1. The minimum absolute atomic E-state index is 0.0599. The molecule has 0 aliphatic carbocycles. The third-order valence-electron chi connectivity index (χ3n) is 5.29. The smallest absolute Gasteiger partial charge is 0.254 e. The first-order valence-electron chi connectivity index (χ1n) is 9.40. The van der Waals surface area contributed by atoms with Crippen LogP contribution in [0.2, 0.25) is 0 Å². The lowest BCUT2D eigenvalue weighted by Crippen LogP contribution is -2.53. The SMILES string of the molecule is CC1CC(C)CN(C(=O)CN2CCN(C(=O)c3cc[n+]([O-])cc3)CC2)C1. The molecular weight excluding hydrogens is 332 g/mol. The Morgan fingerprint density at radius 2 is 1.62 bits per heavy atom. The molecule has 1 aromatic rings. The summed E-state index contributed by atoms with van der Waals surface area (Å²) in [6.07, 6.45) is 3.86. The van der Waals surface area contributed by atoms with Crippen molar-refractivity contribution in [1.29, 1.82) is 0 Å². The van der Waals surface area contributed by atoms with Gasteiger partial charge in [0.15, 0.2) is 12.4 Å². The minimum atomic E-state index is -0.0599. The van der Waals surface area contributed by atoms with Crippen LogP contribution in [0.3, 0.4) is 0 Å². The Balaban J connectivity index is 1.48. The second kappa shape index (κ2) is 8.03. The van der Waals surface area contributed by atoms with Crippen LogP contribution in [0, 0.1) is 17.0 Å². The van der Waals surface area contributed by atoms with Crippen LogP contribution in [0.1, 0.15) is 30.6 Å². The van der Waals surface area contributed by atoms with E-state index in [1.165, 1.54) is 18.8 Å². The third-order valence-corrected chi connectivity index (χ3v) is 5.29. The summed E-state index contributed by atoms with van der Waals surface area (Å²) >= 11 is 0. The lowest BCUT2D eigenvalue weighted by Gasteiger charge is -2.38. The van der Waals surface area contributed by atoms with Gasteiger partial charge < -0.3 is 15.0 Å². The monoisotopic (exact) mass is 360 g/mol. The van der Waals surface area contributed by atoms with Crippen LogP contribution < -0.4 is 4.73 Å². The van der Waals surface area contributed by atoms with Gasteiger partial charge in [0.1, 0.15) is 0 Å². The highest BCUT2D eigenvalue weighted by molar-refractivity contribution is 5.94. The molecule has 0 saturated carbocycles. The molecule has 142 valence electrons. The highest BCUT2D eigenvalue weighted by atomic mass is 16.5. The zero-order valence-electron chi connectivity index (χ0n) is 15.6. The van der Waals surface area contributed by atoms with E-state index >= 15 is 0 Å². The molecule has 0 bridgehead atoms. The molecular formula is C19H28N4O3. The van der Waals surface area contributed by atoms with E-state index in [-0.39, 0.29) is 11.8 Å². The number of carbonyl (C=O) groups excluding carboxylic acids is 2. The molecule has 2 unspecified atom stereocenters. The van der Waals surface area contributed by atoms with E-state index in [1.807, 2.05) is 4.90 Å². The normalized spacial score (nSPS) is 24.5. The molecule has 7 heteroatoms. The van der Waals surface area contributed by atoms with E-state index < -0.39 is 0 Å². The van der Waals surface area contributed by atoms with E-state index in [4.69, 9.17) is 0 Å². The van der Waals surface area contributed by atoms with Crippen molar-refractivity contribution in [3.63, 3.8) is 0 Å². The predicted octanol–water partition coefficient (Wildman–Crippen LogP) is 0.582. The van der Waals surface area contributed by atoms with Gasteiger partial charge in [0, 0.05) is 51.4 Å². The average Bonchev–Trinajstić information content (AvgIpc) is 2.61. The van der Waals surface area contributed by atoms with E-state index in [2.05, 4.69) is 18.7 Å². The van der Waals surface area contributed by atoms with Crippen molar-refractivity contribution in [1.82, 2.24) is 14.7 Å². The Kier molecular flexibility index (Phi) is 5.76. The average molecular weight is 360 g/mol. The minimum Gasteiger partial charge on any atom is -0.619 e. The Hall–Kier alpha value is -2.15. The number of rotatable bonds is 3. The maximum Gasteiger partial charge on any atom is 0.254 e. The van der Waals surface area contributed by atoms with Gasteiger partial charge in [-0.25, -0.2) is 0 Å². The highest BCUT2D eigenvalue weighted by Crippen LogP contribution is 2.21. The molecule has 3 heterocycles. The Morgan fingerprint density at radius 1 is 1.04 bits per heavy atom. The number of likely N-dealkylation sites (tertiary alicyclic amines) is 1. The molecule has 2 atom stereocenters. The summed E-state index contributed by atoms with van der Waals surface area (Å²) in [6.45, 7) is 9.16. The molecule has 2 saturated heterocycles. The number of nitrogens with zero attached hydrogens (tertiary/aromatic N) is 4. The lowest BCUT2D eigenvalue weighted by molar-refractivity contribution is -0.605. The maximum absolute atomic E-state index is 12.6. The summed E-state index contributed by atoms with van der Waals surface area (Å²) in [5.74, 6) is 1.27. The summed E-state index contributed by atoms with van der Waals surface area (Å²) in [5, 5.41) is 11.1. The molecule has 3 rings (SSSR count). The summed E-state index contributed by atoms with van der Waals surface area (Å²) in [6, 6.07) is 3.09. The number of hydrogen-bond donors (Lipinski definition) is 0. The molecule has 1 aromatic heterocycles. The molecule has 26 heavy (non-hydrogen) atoms. The molecule has 0 spiro atoms. The highest BCUT2D eigenvalue weighted by Gasteiger charge is 2.28. The largest absolute Gasteiger partial charge is 0.619 e. The van der Waals surface area contributed by atoms with Crippen LogP contribution >= 0.6 is 0 Å². The van der Waals surface area contributed by atoms with Crippen molar-refractivity contribution in [3.8, 4) is 0 Å². The number of aromatic nitrogens is 1.